The van der Waals surface area contributed by atoms with Crippen molar-refractivity contribution < 1.29 is 20.4 Å². The smallest absolute Gasteiger partial charge is 0.110 e. The number of hydrogen-bond acceptors (Lipinski definition) is 6. The molecule has 0 aromatic heterocycles. The lowest BCUT2D eigenvalue weighted by molar-refractivity contribution is -0.0732. The Bertz CT molecular complexity index is 770. The first-order valence-electron chi connectivity index (χ1n) is 8.49. The Kier molecular flexibility index (Phi) is 7.88. The Labute approximate surface area is 166 Å². The lowest BCUT2D eigenvalue weighted by Gasteiger charge is -2.26. The molecule has 0 aliphatic heterocycles. The van der Waals surface area contributed by atoms with Gasteiger partial charge in [-0.2, -0.15) is 0 Å². The maximum atomic E-state index is 10.2. The summed E-state index contributed by atoms with van der Waals surface area (Å²) in [4.78, 5) is 0. The van der Waals surface area contributed by atoms with Crippen LogP contribution in [0.3, 0.4) is 0 Å². The highest BCUT2D eigenvalue weighted by Gasteiger charge is 2.26. The van der Waals surface area contributed by atoms with Gasteiger partial charge in [0.05, 0.1) is 24.5 Å². The first-order valence-corrected chi connectivity index (χ1v) is 9.28. The van der Waals surface area contributed by atoms with Crippen LogP contribution in [0.15, 0.2) is 57.3 Å². The van der Waals surface area contributed by atoms with E-state index in [-0.39, 0.29) is 6.54 Å². The number of benzene rings is 2. The van der Waals surface area contributed by atoms with Crippen molar-refractivity contribution in [2.45, 2.75) is 32.2 Å². The van der Waals surface area contributed by atoms with E-state index < -0.39 is 24.9 Å². The van der Waals surface area contributed by atoms with Crippen molar-refractivity contribution in [2.75, 3.05) is 18.2 Å². The Morgan fingerprint density at radius 3 is 2.22 bits per heavy atom. The third-order valence-electron chi connectivity index (χ3n) is 4.22. The summed E-state index contributed by atoms with van der Waals surface area (Å²) in [6.45, 7) is 3.19. The summed E-state index contributed by atoms with van der Waals surface area (Å²) >= 11 is 3.36. The van der Waals surface area contributed by atoms with Gasteiger partial charge in [-0.25, -0.2) is 5.01 Å². The summed E-state index contributed by atoms with van der Waals surface area (Å²) in [6, 6.07) is 12.9. The van der Waals surface area contributed by atoms with E-state index in [1.165, 1.54) is 5.01 Å². The SMILES string of the molecule is Cc1ccc(N(C[C@@H](O)[C@@H](O)[C@H](O)CO)N=Nc2ccc(Br)cc2)cc1C. The van der Waals surface area contributed by atoms with Crippen LogP contribution >= 0.6 is 15.9 Å². The summed E-state index contributed by atoms with van der Waals surface area (Å²) in [5.41, 5.74) is 3.46. The van der Waals surface area contributed by atoms with Gasteiger partial charge in [-0.15, -0.1) is 5.11 Å². The van der Waals surface area contributed by atoms with Gasteiger partial charge in [0, 0.05) is 4.47 Å². The molecule has 27 heavy (non-hydrogen) atoms. The molecular weight excluding hydrogens is 414 g/mol. The van der Waals surface area contributed by atoms with Crippen LogP contribution in [0.2, 0.25) is 0 Å². The summed E-state index contributed by atoms with van der Waals surface area (Å²) in [7, 11) is 0. The molecule has 2 rings (SSSR count). The summed E-state index contributed by atoms with van der Waals surface area (Å²) in [5.74, 6) is 0. The molecule has 0 saturated carbocycles. The summed E-state index contributed by atoms with van der Waals surface area (Å²) in [6.07, 6.45) is -4.28. The van der Waals surface area contributed by atoms with E-state index in [4.69, 9.17) is 5.11 Å². The van der Waals surface area contributed by atoms with E-state index in [0.717, 1.165) is 15.6 Å². The molecule has 0 aliphatic rings. The summed E-state index contributed by atoms with van der Waals surface area (Å²) in [5, 5.41) is 48.5. The molecule has 0 heterocycles. The van der Waals surface area contributed by atoms with Gasteiger partial charge in [0.1, 0.15) is 18.3 Å². The molecule has 7 nitrogen and oxygen atoms in total. The predicted molar refractivity (Wildman–Crippen MR) is 107 cm³/mol. The number of halogens is 1. The zero-order chi connectivity index (χ0) is 20.0. The topological polar surface area (TPSA) is 109 Å². The minimum Gasteiger partial charge on any atom is -0.394 e. The highest BCUT2D eigenvalue weighted by atomic mass is 79.9. The van der Waals surface area contributed by atoms with E-state index in [2.05, 4.69) is 26.3 Å². The van der Waals surface area contributed by atoms with Crippen molar-refractivity contribution in [2.24, 2.45) is 10.3 Å². The van der Waals surface area contributed by atoms with Gasteiger partial charge in [-0.1, -0.05) is 27.2 Å². The van der Waals surface area contributed by atoms with Crippen molar-refractivity contribution in [1.82, 2.24) is 0 Å². The molecule has 0 spiro atoms. The van der Waals surface area contributed by atoms with Crippen LogP contribution in [0.5, 0.6) is 0 Å². The van der Waals surface area contributed by atoms with Crippen molar-refractivity contribution in [1.29, 1.82) is 0 Å². The molecule has 146 valence electrons. The molecule has 8 heteroatoms. The van der Waals surface area contributed by atoms with Crippen LogP contribution in [0.4, 0.5) is 11.4 Å². The predicted octanol–water partition coefficient (Wildman–Crippen LogP) is 2.65. The fraction of sp³-hybridized carbons (Fsp3) is 0.368. The Morgan fingerprint density at radius 2 is 1.63 bits per heavy atom. The van der Waals surface area contributed by atoms with Gasteiger partial charge in [-0.05, 0) is 61.4 Å². The molecule has 2 aromatic carbocycles. The lowest BCUT2D eigenvalue weighted by Crippen LogP contribution is -2.44. The number of anilines is 1. The van der Waals surface area contributed by atoms with E-state index in [1.54, 1.807) is 12.1 Å². The molecule has 3 atom stereocenters. The Morgan fingerprint density at radius 1 is 0.963 bits per heavy atom. The standard InChI is InChI=1S/C19H24BrN3O4/c1-12-3-8-16(9-13(12)2)23(10-17(25)19(27)18(26)11-24)22-21-15-6-4-14(20)5-7-15/h3-9,17-19,24-27H,10-11H2,1-2H3/t17-,18-,19-/m1/s1. The second kappa shape index (κ2) is 9.91. The molecule has 0 amide bonds. The number of aliphatic hydroxyl groups excluding tert-OH is 4. The molecule has 0 saturated heterocycles. The normalized spacial score (nSPS) is 14.9. The fourth-order valence-electron chi connectivity index (χ4n) is 2.34. The van der Waals surface area contributed by atoms with Gasteiger partial charge in [0.2, 0.25) is 0 Å². The van der Waals surface area contributed by atoms with Gasteiger partial charge >= 0.3 is 0 Å². The van der Waals surface area contributed by atoms with Gasteiger partial charge in [0.15, 0.2) is 0 Å². The molecule has 0 unspecified atom stereocenters. The number of rotatable bonds is 8. The Hall–Kier alpha value is -1.84. The van der Waals surface area contributed by atoms with Crippen molar-refractivity contribution in [3.63, 3.8) is 0 Å². The monoisotopic (exact) mass is 437 g/mol. The second-order valence-corrected chi connectivity index (χ2v) is 7.24. The quantitative estimate of drug-likeness (QED) is 0.374. The third kappa shape index (κ3) is 6.08. The van der Waals surface area contributed by atoms with Crippen molar-refractivity contribution in [3.05, 3.63) is 58.1 Å². The molecule has 0 fully saturated rings. The average molecular weight is 438 g/mol. The van der Waals surface area contributed by atoms with Crippen LogP contribution in [0, 0.1) is 13.8 Å². The van der Waals surface area contributed by atoms with E-state index in [9.17, 15) is 15.3 Å². The number of aliphatic hydroxyl groups is 4. The number of aryl methyl sites for hydroxylation is 2. The zero-order valence-corrected chi connectivity index (χ0v) is 16.8. The van der Waals surface area contributed by atoms with Crippen molar-refractivity contribution in [3.8, 4) is 0 Å². The summed E-state index contributed by atoms with van der Waals surface area (Å²) < 4.78 is 0.920. The minimum absolute atomic E-state index is 0.110. The Balaban J connectivity index is 2.27. The van der Waals surface area contributed by atoms with E-state index in [1.807, 2.05) is 44.2 Å². The number of nitrogens with zero attached hydrogens (tertiary/aromatic N) is 3. The van der Waals surface area contributed by atoms with Gasteiger partial charge < -0.3 is 20.4 Å². The van der Waals surface area contributed by atoms with Crippen LogP contribution in [-0.4, -0.2) is 51.9 Å². The zero-order valence-electron chi connectivity index (χ0n) is 15.2. The molecule has 4 N–H and O–H groups in total. The van der Waals surface area contributed by atoms with Crippen LogP contribution in [0.25, 0.3) is 0 Å². The van der Waals surface area contributed by atoms with E-state index in [0.29, 0.717) is 11.4 Å². The minimum atomic E-state index is -1.51. The fourth-order valence-corrected chi connectivity index (χ4v) is 2.61. The largest absolute Gasteiger partial charge is 0.394 e. The average Bonchev–Trinajstić information content (AvgIpc) is 2.67. The van der Waals surface area contributed by atoms with Gasteiger partial charge in [-0.3, -0.25) is 0 Å². The molecule has 0 aliphatic carbocycles. The highest BCUT2D eigenvalue weighted by molar-refractivity contribution is 9.10. The maximum absolute atomic E-state index is 10.2. The third-order valence-corrected chi connectivity index (χ3v) is 4.75. The molecule has 2 aromatic rings. The molecule has 0 radical (unpaired) electrons. The van der Waals surface area contributed by atoms with E-state index >= 15 is 0 Å². The molecular formula is C19H24BrN3O4. The lowest BCUT2D eigenvalue weighted by atomic mass is 10.1. The maximum Gasteiger partial charge on any atom is 0.110 e. The van der Waals surface area contributed by atoms with Crippen molar-refractivity contribution >= 4 is 27.3 Å². The molecule has 0 bridgehead atoms. The van der Waals surface area contributed by atoms with Crippen LogP contribution < -0.4 is 5.01 Å². The highest BCUT2D eigenvalue weighted by Crippen LogP contribution is 2.23. The van der Waals surface area contributed by atoms with Crippen LogP contribution in [-0.2, 0) is 0 Å². The first kappa shape index (κ1) is 21.5. The first-order chi connectivity index (χ1) is 12.8. The van der Waals surface area contributed by atoms with Crippen LogP contribution in [0.1, 0.15) is 11.1 Å². The van der Waals surface area contributed by atoms with Gasteiger partial charge in [0.25, 0.3) is 0 Å². The number of hydrogen-bond donors (Lipinski definition) is 4. The second-order valence-electron chi connectivity index (χ2n) is 6.32.